The Labute approximate surface area is 172 Å². The quantitative estimate of drug-likeness (QED) is 0.714. The lowest BCUT2D eigenvalue weighted by Crippen LogP contribution is -2.45. The molecule has 0 fully saturated rings. The number of fused-ring (bicyclic) bond motifs is 1. The third-order valence-corrected chi connectivity index (χ3v) is 5.63. The summed E-state index contributed by atoms with van der Waals surface area (Å²) in [4.78, 5) is 17.5. The SMILES string of the molecule is CC1=NN2C(=O)CC(c3ccc(C#N)cc3)=NC2CC1c1ccc(Cl)cc1Cl. The van der Waals surface area contributed by atoms with Crippen LogP contribution in [-0.2, 0) is 4.79 Å². The third kappa shape index (κ3) is 3.42. The summed E-state index contributed by atoms with van der Waals surface area (Å²) in [6.07, 6.45) is 0.403. The molecule has 2 aromatic carbocycles. The highest BCUT2D eigenvalue weighted by molar-refractivity contribution is 6.35. The van der Waals surface area contributed by atoms with E-state index >= 15 is 0 Å². The Bertz CT molecular complexity index is 1050. The van der Waals surface area contributed by atoms with Gasteiger partial charge in [-0.25, -0.2) is 5.01 Å². The van der Waals surface area contributed by atoms with Gasteiger partial charge in [-0.3, -0.25) is 9.79 Å². The van der Waals surface area contributed by atoms with Crippen LogP contribution in [0.4, 0.5) is 0 Å². The first-order chi connectivity index (χ1) is 13.5. The van der Waals surface area contributed by atoms with Gasteiger partial charge in [0.1, 0.15) is 6.17 Å². The lowest BCUT2D eigenvalue weighted by molar-refractivity contribution is -0.133. The summed E-state index contributed by atoms with van der Waals surface area (Å²) in [5, 5.41) is 16.1. The number of amides is 1. The summed E-state index contributed by atoms with van der Waals surface area (Å²) in [5.74, 6) is -0.123. The van der Waals surface area contributed by atoms with E-state index in [2.05, 4.69) is 11.2 Å². The van der Waals surface area contributed by atoms with Gasteiger partial charge >= 0.3 is 0 Å². The minimum atomic E-state index is -0.382. The lowest BCUT2D eigenvalue weighted by Gasteiger charge is -2.37. The third-order valence-electron chi connectivity index (χ3n) is 5.06. The Kier molecular flexibility index (Phi) is 4.92. The molecular formula is C21H16Cl2N4O. The van der Waals surface area contributed by atoms with Crippen molar-refractivity contribution in [1.29, 1.82) is 5.26 Å². The smallest absolute Gasteiger partial charge is 0.250 e. The van der Waals surface area contributed by atoms with Crippen LogP contribution in [0.5, 0.6) is 0 Å². The molecule has 0 saturated heterocycles. The zero-order valence-electron chi connectivity index (χ0n) is 15.1. The van der Waals surface area contributed by atoms with Gasteiger partial charge in [0.25, 0.3) is 5.91 Å². The minimum absolute atomic E-state index is 0.0390. The predicted octanol–water partition coefficient (Wildman–Crippen LogP) is 4.78. The van der Waals surface area contributed by atoms with Crippen LogP contribution in [0.1, 0.15) is 42.4 Å². The van der Waals surface area contributed by atoms with Crippen LogP contribution in [-0.4, -0.2) is 28.5 Å². The summed E-state index contributed by atoms with van der Waals surface area (Å²) in [5.41, 5.74) is 3.89. The molecule has 1 amide bonds. The van der Waals surface area contributed by atoms with E-state index in [1.165, 1.54) is 5.01 Å². The van der Waals surface area contributed by atoms with E-state index in [0.29, 0.717) is 27.7 Å². The van der Waals surface area contributed by atoms with Crippen molar-refractivity contribution >= 4 is 40.5 Å². The van der Waals surface area contributed by atoms with E-state index in [4.69, 9.17) is 33.5 Å². The maximum Gasteiger partial charge on any atom is 0.250 e. The van der Waals surface area contributed by atoms with Crippen LogP contribution >= 0.6 is 23.2 Å². The molecule has 0 aromatic heterocycles. The second-order valence-corrected chi connectivity index (χ2v) is 7.70. The van der Waals surface area contributed by atoms with Gasteiger partial charge in [-0.2, -0.15) is 10.4 Å². The minimum Gasteiger partial charge on any atom is -0.272 e. The maximum atomic E-state index is 12.7. The van der Waals surface area contributed by atoms with Crippen LogP contribution in [0.15, 0.2) is 52.6 Å². The Morgan fingerprint density at radius 1 is 1.18 bits per heavy atom. The molecular weight excluding hydrogens is 395 g/mol. The van der Waals surface area contributed by atoms with Gasteiger partial charge in [-0.05, 0) is 42.3 Å². The molecule has 2 atom stereocenters. The Balaban J connectivity index is 1.68. The first-order valence-corrected chi connectivity index (χ1v) is 9.61. The molecule has 0 N–H and O–H groups in total. The molecule has 2 heterocycles. The van der Waals surface area contributed by atoms with Gasteiger partial charge in [0, 0.05) is 28.1 Å². The lowest BCUT2D eigenvalue weighted by atomic mass is 9.88. The topological polar surface area (TPSA) is 68.8 Å². The molecule has 4 rings (SSSR count). The summed E-state index contributed by atoms with van der Waals surface area (Å²) in [7, 11) is 0. The number of benzene rings is 2. The number of carbonyl (C=O) groups excluding carboxylic acids is 1. The molecule has 140 valence electrons. The normalized spacial score (nSPS) is 21.5. The van der Waals surface area contributed by atoms with Gasteiger partial charge in [0.2, 0.25) is 0 Å². The fourth-order valence-electron chi connectivity index (χ4n) is 3.62. The van der Waals surface area contributed by atoms with Gasteiger partial charge in [0.05, 0.1) is 23.8 Å². The van der Waals surface area contributed by atoms with E-state index in [-0.39, 0.29) is 24.4 Å². The van der Waals surface area contributed by atoms with Gasteiger partial charge < -0.3 is 0 Å². The van der Waals surface area contributed by atoms with Crippen molar-refractivity contribution in [2.24, 2.45) is 10.1 Å². The Morgan fingerprint density at radius 3 is 2.61 bits per heavy atom. The molecule has 7 heteroatoms. The summed E-state index contributed by atoms with van der Waals surface area (Å²) < 4.78 is 0. The predicted molar refractivity (Wildman–Crippen MR) is 110 cm³/mol. The fourth-order valence-corrected chi connectivity index (χ4v) is 4.16. The number of hydrogen-bond donors (Lipinski definition) is 0. The number of carbonyl (C=O) groups is 1. The second-order valence-electron chi connectivity index (χ2n) is 6.86. The van der Waals surface area contributed by atoms with Crippen molar-refractivity contribution < 1.29 is 4.79 Å². The highest BCUT2D eigenvalue weighted by atomic mass is 35.5. The van der Waals surface area contributed by atoms with Crippen LogP contribution in [0.25, 0.3) is 0 Å². The standard InChI is InChI=1S/C21H16Cl2N4O/c1-12-17(16-7-6-15(22)8-18(16)23)9-20-25-19(10-21(28)27(20)26-12)14-4-2-13(11-24)3-5-14/h2-8,17,20H,9-10H2,1H3. The van der Waals surface area contributed by atoms with Gasteiger partial charge in [-0.1, -0.05) is 41.4 Å². The number of hydrazone groups is 1. The summed E-state index contributed by atoms with van der Waals surface area (Å²) in [6.45, 7) is 1.90. The van der Waals surface area contributed by atoms with Crippen molar-refractivity contribution in [1.82, 2.24) is 5.01 Å². The molecule has 2 aliphatic heterocycles. The van der Waals surface area contributed by atoms with E-state index in [1.807, 2.05) is 25.1 Å². The Morgan fingerprint density at radius 2 is 1.93 bits per heavy atom. The average Bonchev–Trinajstić information content (AvgIpc) is 2.68. The zero-order chi connectivity index (χ0) is 19.8. The molecule has 0 aliphatic carbocycles. The van der Waals surface area contributed by atoms with Crippen molar-refractivity contribution in [3.8, 4) is 6.07 Å². The first-order valence-electron chi connectivity index (χ1n) is 8.85. The number of nitrogens with zero attached hydrogens (tertiary/aromatic N) is 4. The Hall–Kier alpha value is -2.68. The molecule has 0 spiro atoms. The summed E-state index contributed by atoms with van der Waals surface area (Å²) >= 11 is 12.4. The maximum absolute atomic E-state index is 12.7. The first kappa shape index (κ1) is 18.7. The van der Waals surface area contributed by atoms with Gasteiger partial charge in [0.15, 0.2) is 0 Å². The van der Waals surface area contributed by atoms with E-state index in [0.717, 1.165) is 16.8 Å². The van der Waals surface area contributed by atoms with Crippen LogP contribution in [0.2, 0.25) is 10.0 Å². The molecule has 2 aliphatic rings. The molecule has 0 saturated carbocycles. The summed E-state index contributed by atoms with van der Waals surface area (Å²) in [6, 6.07) is 14.6. The average molecular weight is 411 g/mol. The van der Waals surface area contributed by atoms with Crippen molar-refractivity contribution in [2.45, 2.75) is 31.8 Å². The van der Waals surface area contributed by atoms with E-state index in [1.54, 1.807) is 24.3 Å². The fraction of sp³-hybridized carbons (Fsp3) is 0.238. The van der Waals surface area contributed by atoms with Crippen LogP contribution in [0, 0.1) is 11.3 Å². The molecule has 28 heavy (non-hydrogen) atoms. The number of hydrogen-bond acceptors (Lipinski definition) is 4. The van der Waals surface area contributed by atoms with Gasteiger partial charge in [-0.15, -0.1) is 0 Å². The van der Waals surface area contributed by atoms with Crippen molar-refractivity contribution in [3.05, 3.63) is 69.2 Å². The monoisotopic (exact) mass is 410 g/mol. The second kappa shape index (κ2) is 7.38. The molecule has 2 unspecified atom stereocenters. The largest absolute Gasteiger partial charge is 0.272 e. The van der Waals surface area contributed by atoms with Crippen LogP contribution < -0.4 is 0 Å². The molecule has 5 nitrogen and oxygen atoms in total. The van der Waals surface area contributed by atoms with E-state index < -0.39 is 0 Å². The van der Waals surface area contributed by atoms with Crippen molar-refractivity contribution in [3.63, 3.8) is 0 Å². The molecule has 0 radical (unpaired) electrons. The molecule has 0 bridgehead atoms. The zero-order valence-corrected chi connectivity index (χ0v) is 16.6. The van der Waals surface area contributed by atoms with Crippen molar-refractivity contribution in [2.75, 3.05) is 0 Å². The number of halogens is 2. The highest BCUT2D eigenvalue weighted by Crippen LogP contribution is 2.37. The number of nitriles is 1. The van der Waals surface area contributed by atoms with E-state index in [9.17, 15) is 4.79 Å². The van der Waals surface area contributed by atoms with Crippen LogP contribution in [0.3, 0.4) is 0 Å². The number of aliphatic imine (C=N–C) groups is 1. The molecule has 2 aromatic rings. The number of rotatable bonds is 2. The highest BCUT2D eigenvalue weighted by Gasteiger charge is 2.37.